The lowest BCUT2D eigenvalue weighted by atomic mass is 10.2. The number of ether oxygens (including phenoxy) is 2. The minimum atomic E-state index is -3.25. The summed E-state index contributed by atoms with van der Waals surface area (Å²) in [6.45, 7) is 3.97. The lowest BCUT2D eigenvalue weighted by Gasteiger charge is -2.11. The van der Waals surface area contributed by atoms with Gasteiger partial charge in [0, 0.05) is 11.2 Å². The van der Waals surface area contributed by atoms with Crippen LogP contribution in [0.3, 0.4) is 0 Å². The quantitative estimate of drug-likeness (QED) is 0.668. The molecule has 26 heavy (non-hydrogen) atoms. The summed E-state index contributed by atoms with van der Waals surface area (Å²) in [6, 6.07) is 11.9. The smallest absolute Gasteiger partial charge is 0.338 e. The Kier molecular flexibility index (Phi) is 6.70. The highest BCUT2D eigenvalue weighted by atomic mass is 32.8. The van der Waals surface area contributed by atoms with Crippen LogP contribution in [0.2, 0.25) is 0 Å². The molecule has 0 radical (unpaired) electrons. The molecule has 8 heteroatoms. The predicted molar refractivity (Wildman–Crippen MR) is 99.2 cm³/mol. The molecule has 0 saturated carbocycles. The van der Waals surface area contributed by atoms with Crippen LogP contribution in [0.4, 0.5) is 0 Å². The van der Waals surface area contributed by atoms with E-state index in [4.69, 9.17) is 24.8 Å². The van der Waals surface area contributed by atoms with Gasteiger partial charge in [-0.25, -0.2) is 13.8 Å². The average molecular weight is 394 g/mol. The van der Waals surface area contributed by atoms with Gasteiger partial charge in [-0.05, 0) is 62.4 Å². The zero-order valence-corrected chi connectivity index (χ0v) is 15.9. The maximum absolute atomic E-state index is 12.7. The molecular formula is C18H18O6S2. The molecule has 1 atom stereocenters. The zero-order chi connectivity index (χ0) is 19.2. The van der Waals surface area contributed by atoms with E-state index < -0.39 is 20.7 Å². The van der Waals surface area contributed by atoms with E-state index >= 15 is 0 Å². The molecule has 2 aromatic carbocycles. The van der Waals surface area contributed by atoms with Crippen molar-refractivity contribution in [1.29, 1.82) is 0 Å². The average Bonchev–Trinajstić information content (AvgIpc) is 2.62. The number of hydrogen-bond donors (Lipinski definition) is 0. The number of rotatable bonds is 7. The molecule has 0 saturated heterocycles. The lowest BCUT2D eigenvalue weighted by Crippen LogP contribution is -2.10. The standard InChI is InChI=1S/C18H18O6S2/c1-3-22-17(19)13-5-9-15(10-6-13)24-26(21,25)16-11-7-14(8-12-16)18(20)23-4-2/h5-12H,3-4H2,1-2H3. The summed E-state index contributed by atoms with van der Waals surface area (Å²) in [5.41, 5.74) is 0.688. The second kappa shape index (κ2) is 8.77. The first-order valence-electron chi connectivity index (χ1n) is 7.86. The first kappa shape index (κ1) is 19.9. The fraction of sp³-hybridized carbons (Fsp3) is 0.222. The van der Waals surface area contributed by atoms with E-state index in [1.165, 1.54) is 48.5 Å². The minimum Gasteiger partial charge on any atom is -0.462 e. The summed E-state index contributed by atoms with van der Waals surface area (Å²) in [4.78, 5) is 23.5. The summed E-state index contributed by atoms with van der Waals surface area (Å²) in [7, 11) is -3.25. The fourth-order valence-electron chi connectivity index (χ4n) is 2.01. The van der Waals surface area contributed by atoms with Gasteiger partial charge in [-0.15, -0.1) is 0 Å². The Labute approximate surface area is 157 Å². The van der Waals surface area contributed by atoms with Gasteiger partial charge >= 0.3 is 11.9 Å². The zero-order valence-electron chi connectivity index (χ0n) is 14.3. The molecule has 1 unspecified atom stereocenters. The first-order chi connectivity index (χ1) is 12.4. The molecule has 0 aliphatic heterocycles. The van der Waals surface area contributed by atoms with Crippen molar-refractivity contribution in [2.45, 2.75) is 18.7 Å². The third kappa shape index (κ3) is 5.03. The van der Waals surface area contributed by atoms with E-state index in [2.05, 4.69) is 0 Å². The van der Waals surface area contributed by atoms with Crippen molar-refractivity contribution in [1.82, 2.24) is 0 Å². The molecule has 0 aliphatic carbocycles. The molecule has 0 N–H and O–H groups in total. The van der Waals surface area contributed by atoms with Crippen LogP contribution in [0, 0.1) is 0 Å². The number of carbonyl (C=O) groups is 2. The molecular weight excluding hydrogens is 376 g/mol. The van der Waals surface area contributed by atoms with Crippen LogP contribution in [0.15, 0.2) is 53.4 Å². The molecule has 2 aromatic rings. The topological polar surface area (TPSA) is 78.9 Å². The molecule has 0 fully saturated rings. The Morgan fingerprint density at radius 1 is 0.846 bits per heavy atom. The molecule has 0 aromatic heterocycles. The van der Waals surface area contributed by atoms with Crippen molar-refractivity contribution >= 4 is 31.9 Å². The van der Waals surface area contributed by atoms with Crippen molar-refractivity contribution in [2.75, 3.05) is 13.2 Å². The fourth-order valence-corrected chi connectivity index (χ4v) is 3.51. The van der Waals surface area contributed by atoms with E-state index in [0.29, 0.717) is 11.1 Å². The van der Waals surface area contributed by atoms with Crippen molar-refractivity contribution in [3.63, 3.8) is 0 Å². The maximum Gasteiger partial charge on any atom is 0.338 e. The summed E-state index contributed by atoms with van der Waals surface area (Å²) >= 11 is 5.08. The van der Waals surface area contributed by atoms with Gasteiger partial charge in [0.1, 0.15) is 5.75 Å². The van der Waals surface area contributed by atoms with Gasteiger partial charge in [-0.3, -0.25) is 0 Å². The number of hydrogen-bond acceptors (Lipinski definition) is 7. The largest absolute Gasteiger partial charge is 0.462 e. The SMILES string of the molecule is CCOC(=O)c1ccc(OS(=O)(=S)c2ccc(C(=O)OCC)cc2)cc1. The highest BCUT2D eigenvalue weighted by Gasteiger charge is 2.15. The van der Waals surface area contributed by atoms with Gasteiger partial charge in [0.05, 0.1) is 29.2 Å². The molecule has 0 amide bonds. The van der Waals surface area contributed by atoms with E-state index in [1.54, 1.807) is 13.8 Å². The van der Waals surface area contributed by atoms with Gasteiger partial charge < -0.3 is 13.7 Å². The first-order valence-corrected chi connectivity index (χ1v) is 10.3. The van der Waals surface area contributed by atoms with Gasteiger partial charge in [-0.2, -0.15) is 0 Å². The Balaban J connectivity index is 2.13. The lowest BCUT2D eigenvalue weighted by molar-refractivity contribution is 0.0516. The van der Waals surface area contributed by atoms with Crippen LogP contribution in [0.25, 0.3) is 0 Å². The normalized spacial score (nSPS) is 12.7. The Morgan fingerprint density at radius 2 is 1.27 bits per heavy atom. The minimum absolute atomic E-state index is 0.257. The van der Waals surface area contributed by atoms with Crippen LogP contribution in [-0.2, 0) is 29.4 Å². The Hall–Kier alpha value is -2.45. The van der Waals surface area contributed by atoms with E-state index in [9.17, 15) is 13.8 Å². The van der Waals surface area contributed by atoms with Crippen LogP contribution < -0.4 is 4.18 Å². The Morgan fingerprint density at radius 3 is 1.69 bits per heavy atom. The molecule has 0 aliphatic rings. The van der Waals surface area contributed by atoms with Gasteiger partial charge in [-0.1, -0.05) is 0 Å². The van der Waals surface area contributed by atoms with Gasteiger partial charge in [0.2, 0.25) is 8.77 Å². The van der Waals surface area contributed by atoms with Crippen molar-refractivity contribution in [2.24, 2.45) is 0 Å². The molecule has 6 nitrogen and oxygen atoms in total. The summed E-state index contributed by atoms with van der Waals surface area (Å²) in [5.74, 6) is -0.661. The summed E-state index contributed by atoms with van der Waals surface area (Å²) in [5, 5.41) is 0. The van der Waals surface area contributed by atoms with Gasteiger partial charge in [0.25, 0.3) is 0 Å². The van der Waals surface area contributed by atoms with Crippen LogP contribution in [0.5, 0.6) is 5.75 Å². The number of carbonyl (C=O) groups excluding carboxylic acids is 2. The second-order valence-electron chi connectivity index (χ2n) is 5.03. The van der Waals surface area contributed by atoms with Crippen LogP contribution in [0.1, 0.15) is 34.6 Å². The highest BCUT2D eigenvalue weighted by molar-refractivity contribution is 8.30. The molecule has 2 rings (SSSR count). The van der Waals surface area contributed by atoms with Crippen LogP contribution in [-0.4, -0.2) is 29.4 Å². The molecule has 0 spiro atoms. The summed E-state index contributed by atoms with van der Waals surface area (Å²) < 4.78 is 27.9. The highest BCUT2D eigenvalue weighted by Crippen LogP contribution is 2.20. The number of benzene rings is 2. The number of esters is 2. The van der Waals surface area contributed by atoms with E-state index in [0.717, 1.165) is 0 Å². The third-order valence-electron chi connectivity index (χ3n) is 3.23. The molecule has 0 heterocycles. The monoisotopic (exact) mass is 394 g/mol. The van der Waals surface area contributed by atoms with Gasteiger partial charge in [0.15, 0.2) is 0 Å². The van der Waals surface area contributed by atoms with Crippen molar-refractivity contribution in [3.8, 4) is 5.75 Å². The van der Waals surface area contributed by atoms with Crippen molar-refractivity contribution < 1.29 is 27.5 Å². The third-order valence-corrected chi connectivity index (χ3v) is 5.27. The summed E-state index contributed by atoms with van der Waals surface area (Å²) in [6.07, 6.45) is 0. The predicted octanol–water partition coefficient (Wildman–Crippen LogP) is 3.14. The van der Waals surface area contributed by atoms with Crippen LogP contribution >= 0.6 is 0 Å². The Bertz CT molecular complexity index is 871. The van der Waals surface area contributed by atoms with E-state index in [1.807, 2.05) is 0 Å². The van der Waals surface area contributed by atoms with E-state index in [-0.39, 0.29) is 23.9 Å². The molecule has 0 bridgehead atoms. The van der Waals surface area contributed by atoms with Crippen molar-refractivity contribution in [3.05, 3.63) is 59.7 Å². The maximum atomic E-state index is 12.7. The molecule has 138 valence electrons. The second-order valence-corrected chi connectivity index (χ2v) is 7.89.